The summed E-state index contributed by atoms with van der Waals surface area (Å²) < 4.78 is 6.82. The normalized spacial score (nSPS) is 14.7. The first-order chi connectivity index (χ1) is 11.5. The Kier molecular flexibility index (Phi) is 4.68. The number of nitrogens with one attached hydrogen (secondary N) is 1. The standard InChI is InChI=1S/C16H22N6OS/c1-10-8-11(2)13(12(3)9-10)18-16(24)22-14(17)19-15(20-22)21-4-6-23-7-5-21/h8-9H,4-7H2,1-3H3,(H,18,24)(H2,17,19,20). The second-order valence-corrected chi connectivity index (χ2v) is 6.37. The molecule has 1 aromatic carbocycles. The summed E-state index contributed by atoms with van der Waals surface area (Å²) in [4.78, 5) is 6.37. The first-order valence-electron chi connectivity index (χ1n) is 7.90. The first kappa shape index (κ1) is 16.7. The van der Waals surface area contributed by atoms with Crippen molar-refractivity contribution in [1.29, 1.82) is 0 Å². The Labute approximate surface area is 146 Å². The molecule has 7 nitrogen and oxygen atoms in total. The monoisotopic (exact) mass is 346 g/mol. The fourth-order valence-electron chi connectivity index (χ4n) is 2.90. The number of aryl methyl sites for hydroxylation is 3. The summed E-state index contributed by atoms with van der Waals surface area (Å²) in [6.45, 7) is 9.01. The van der Waals surface area contributed by atoms with Crippen LogP contribution in [0.2, 0.25) is 0 Å². The maximum Gasteiger partial charge on any atom is 0.247 e. The molecule has 0 atom stereocenters. The number of hydrogen-bond donors (Lipinski definition) is 2. The number of ether oxygens (including phenoxy) is 1. The molecule has 0 spiro atoms. The number of anilines is 3. The second-order valence-electron chi connectivity index (χ2n) is 5.99. The molecule has 2 aromatic rings. The van der Waals surface area contributed by atoms with Gasteiger partial charge in [0.15, 0.2) is 0 Å². The highest BCUT2D eigenvalue weighted by Gasteiger charge is 2.19. The molecule has 0 bridgehead atoms. The van der Waals surface area contributed by atoms with Crippen LogP contribution in [0.4, 0.5) is 17.6 Å². The zero-order chi connectivity index (χ0) is 17.3. The van der Waals surface area contributed by atoms with Gasteiger partial charge in [0.1, 0.15) is 0 Å². The van der Waals surface area contributed by atoms with Crippen LogP contribution in [-0.4, -0.2) is 46.2 Å². The van der Waals surface area contributed by atoms with Crippen LogP contribution in [0.1, 0.15) is 16.7 Å². The van der Waals surface area contributed by atoms with Gasteiger partial charge < -0.3 is 20.7 Å². The third-order valence-corrected chi connectivity index (χ3v) is 4.29. The van der Waals surface area contributed by atoms with E-state index in [1.165, 1.54) is 10.2 Å². The Morgan fingerprint density at radius 3 is 2.46 bits per heavy atom. The van der Waals surface area contributed by atoms with Gasteiger partial charge in [-0.1, -0.05) is 17.7 Å². The third-order valence-electron chi connectivity index (χ3n) is 4.02. The van der Waals surface area contributed by atoms with Crippen molar-refractivity contribution in [2.45, 2.75) is 20.8 Å². The van der Waals surface area contributed by atoms with Crippen molar-refractivity contribution in [2.75, 3.05) is 42.3 Å². The van der Waals surface area contributed by atoms with Crippen molar-refractivity contribution in [1.82, 2.24) is 14.8 Å². The molecule has 1 fully saturated rings. The molecule has 1 aliphatic rings. The van der Waals surface area contributed by atoms with Crippen LogP contribution in [0.5, 0.6) is 0 Å². The Morgan fingerprint density at radius 1 is 1.21 bits per heavy atom. The number of benzene rings is 1. The lowest BCUT2D eigenvalue weighted by atomic mass is 10.1. The Hall–Kier alpha value is -2.19. The fraction of sp³-hybridized carbons (Fsp3) is 0.438. The minimum absolute atomic E-state index is 0.274. The molecule has 0 unspecified atom stereocenters. The van der Waals surface area contributed by atoms with Crippen LogP contribution in [-0.2, 0) is 4.74 Å². The van der Waals surface area contributed by atoms with Crippen LogP contribution in [0.3, 0.4) is 0 Å². The van der Waals surface area contributed by atoms with Crippen LogP contribution in [0.15, 0.2) is 12.1 Å². The van der Waals surface area contributed by atoms with E-state index in [0.717, 1.165) is 29.9 Å². The van der Waals surface area contributed by atoms with Gasteiger partial charge in [0.25, 0.3) is 0 Å². The van der Waals surface area contributed by atoms with Crippen molar-refractivity contribution in [2.24, 2.45) is 0 Å². The molecule has 3 rings (SSSR count). The lowest BCUT2D eigenvalue weighted by molar-refractivity contribution is 0.122. The van der Waals surface area contributed by atoms with Crippen LogP contribution < -0.4 is 16.0 Å². The largest absolute Gasteiger partial charge is 0.378 e. The highest BCUT2D eigenvalue weighted by molar-refractivity contribution is 7.80. The molecule has 2 heterocycles. The summed E-state index contributed by atoms with van der Waals surface area (Å²) in [6, 6.07) is 4.23. The summed E-state index contributed by atoms with van der Waals surface area (Å²) in [5, 5.41) is 8.11. The van der Waals surface area contributed by atoms with E-state index < -0.39 is 0 Å². The maximum absolute atomic E-state index is 6.01. The number of nitrogens with two attached hydrogens (primary N) is 1. The molecular formula is C16H22N6OS. The Bertz CT molecular complexity index is 743. The van der Waals surface area contributed by atoms with E-state index in [4.69, 9.17) is 22.7 Å². The molecule has 1 aromatic heterocycles. The van der Waals surface area contributed by atoms with Crippen molar-refractivity contribution < 1.29 is 4.74 Å². The van der Waals surface area contributed by atoms with Gasteiger partial charge in [0, 0.05) is 18.8 Å². The summed E-state index contributed by atoms with van der Waals surface area (Å²) in [5.74, 6) is 0.855. The molecule has 0 aliphatic carbocycles. The molecular weight excluding hydrogens is 324 g/mol. The van der Waals surface area contributed by atoms with E-state index >= 15 is 0 Å². The van der Waals surface area contributed by atoms with Gasteiger partial charge in [-0.25, -0.2) is 0 Å². The highest BCUT2D eigenvalue weighted by Crippen LogP contribution is 2.22. The molecule has 0 amide bonds. The van der Waals surface area contributed by atoms with Gasteiger partial charge in [0.05, 0.1) is 13.2 Å². The average Bonchev–Trinajstić information content (AvgIpc) is 2.93. The quantitative estimate of drug-likeness (QED) is 0.803. The SMILES string of the molecule is Cc1cc(C)c(NC(=S)n2nc(N3CCOCC3)nc2N)c(C)c1. The fourth-order valence-corrected chi connectivity index (χ4v) is 3.13. The number of nitrogen functional groups attached to an aromatic ring is 1. The van der Waals surface area contributed by atoms with Gasteiger partial charge >= 0.3 is 0 Å². The smallest absolute Gasteiger partial charge is 0.247 e. The number of aromatic nitrogens is 3. The molecule has 24 heavy (non-hydrogen) atoms. The summed E-state index contributed by atoms with van der Waals surface area (Å²) >= 11 is 5.48. The number of nitrogens with zero attached hydrogens (tertiary/aromatic N) is 4. The zero-order valence-electron chi connectivity index (χ0n) is 14.2. The minimum atomic E-state index is 0.274. The third kappa shape index (κ3) is 3.34. The Morgan fingerprint density at radius 2 is 1.83 bits per heavy atom. The highest BCUT2D eigenvalue weighted by atomic mass is 32.1. The molecule has 1 aliphatic heterocycles. The molecule has 0 radical (unpaired) electrons. The lowest BCUT2D eigenvalue weighted by Crippen LogP contribution is -2.37. The van der Waals surface area contributed by atoms with Gasteiger partial charge in [0.2, 0.25) is 17.0 Å². The zero-order valence-corrected chi connectivity index (χ0v) is 15.0. The predicted octanol–water partition coefficient (Wildman–Crippen LogP) is 1.87. The van der Waals surface area contributed by atoms with E-state index in [1.807, 2.05) is 4.90 Å². The van der Waals surface area contributed by atoms with Crippen LogP contribution >= 0.6 is 12.2 Å². The molecule has 0 saturated carbocycles. The summed E-state index contributed by atoms with van der Waals surface area (Å²) in [7, 11) is 0. The van der Waals surface area contributed by atoms with Gasteiger partial charge in [-0.15, -0.1) is 5.10 Å². The number of morpholine rings is 1. The molecule has 1 saturated heterocycles. The molecule has 3 N–H and O–H groups in total. The Balaban J connectivity index is 1.82. The van der Waals surface area contributed by atoms with Crippen LogP contribution in [0.25, 0.3) is 0 Å². The summed E-state index contributed by atoms with van der Waals surface area (Å²) in [6.07, 6.45) is 0. The van der Waals surface area contributed by atoms with E-state index in [1.54, 1.807) is 0 Å². The van der Waals surface area contributed by atoms with E-state index in [2.05, 4.69) is 48.3 Å². The van der Waals surface area contributed by atoms with E-state index in [9.17, 15) is 0 Å². The van der Waals surface area contributed by atoms with Gasteiger partial charge in [-0.3, -0.25) is 0 Å². The van der Waals surface area contributed by atoms with E-state index in [0.29, 0.717) is 24.3 Å². The van der Waals surface area contributed by atoms with Crippen LogP contribution in [0, 0.1) is 20.8 Å². The van der Waals surface area contributed by atoms with Crippen molar-refractivity contribution in [3.8, 4) is 0 Å². The molecule has 128 valence electrons. The predicted molar refractivity (Wildman–Crippen MR) is 99.7 cm³/mol. The summed E-state index contributed by atoms with van der Waals surface area (Å²) in [5.41, 5.74) is 10.5. The van der Waals surface area contributed by atoms with Crippen molar-refractivity contribution in [3.05, 3.63) is 28.8 Å². The lowest BCUT2D eigenvalue weighted by Gasteiger charge is -2.25. The van der Waals surface area contributed by atoms with Crippen molar-refractivity contribution in [3.63, 3.8) is 0 Å². The molecule has 8 heteroatoms. The minimum Gasteiger partial charge on any atom is -0.378 e. The maximum atomic E-state index is 6.01. The average molecular weight is 346 g/mol. The topological polar surface area (TPSA) is 81.2 Å². The number of thiocarbonyl (C=S) groups is 1. The van der Waals surface area contributed by atoms with E-state index in [-0.39, 0.29) is 5.95 Å². The van der Waals surface area contributed by atoms with Gasteiger partial charge in [-0.05, 0) is 44.1 Å². The first-order valence-corrected chi connectivity index (χ1v) is 8.31. The number of rotatable bonds is 2. The van der Waals surface area contributed by atoms with Crippen molar-refractivity contribution >= 4 is 34.9 Å². The van der Waals surface area contributed by atoms with Gasteiger partial charge in [-0.2, -0.15) is 9.67 Å². The second kappa shape index (κ2) is 6.74. The number of hydrogen-bond acceptors (Lipinski definition) is 6.